The highest BCUT2D eigenvalue weighted by molar-refractivity contribution is 6.25. The summed E-state index contributed by atoms with van der Waals surface area (Å²) in [5.41, 5.74) is 12.2. The van der Waals surface area contributed by atoms with E-state index in [1.165, 1.54) is 0 Å². The monoisotopic (exact) mass is 661 g/mol. The van der Waals surface area contributed by atoms with Crippen LogP contribution in [0.4, 0.5) is 0 Å². The third-order valence-electron chi connectivity index (χ3n) is 9.44. The van der Waals surface area contributed by atoms with Gasteiger partial charge in [-0.25, -0.2) is 15.0 Å². The first-order valence-electron chi connectivity index (χ1n) is 17.0. The van der Waals surface area contributed by atoms with E-state index in [0.29, 0.717) is 11.1 Å². The van der Waals surface area contributed by atoms with E-state index in [-0.39, 0.29) is 0 Å². The maximum absolute atomic E-state index is 9.72. The molecule has 0 N–H and O–H groups in total. The molecule has 5 heteroatoms. The smallest absolute Gasteiger partial charge is 0.0995 e. The van der Waals surface area contributed by atoms with Crippen molar-refractivity contribution < 1.29 is 0 Å². The van der Waals surface area contributed by atoms with Crippen molar-refractivity contribution in [2.24, 2.45) is 0 Å². The molecule has 0 spiro atoms. The van der Waals surface area contributed by atoms with E-state index in [1.807, 2.05) is 72.8 Å². The van der Waals surface area contributed by atoms with Crippen LogP contribution < -0.4 is 0 Å². The minimum absolute atomic E-state index is 0.435. The molecule has 7 aromatic carbocycles. The first kappa shape index (κ1) is 30.6. The zero-order chi connectivity index (χ0) is 35.0. The summed E-state index contributed by atoms with van der Waals surface area (Å²) < 4.78 is 0. The quantitative estimate of drug-likeness (QED) is 0.171. The molecule has 240 valence electrons. The maximum atomic E-state index is 9.72. The standard InChI is InChI=1S/C47H27N5/c48-28-30-23-31(29-49)25-37(24-30)35-19-12-20-36(26-35)44-43-42(38-21-10-11-22-40(38)50-44)39(32-13-4-1-5-14-32)27-41-47(43)52-46(34-17-8-3-9-18-34)45(51-41)33-15-6-2-7-16-33/h1-27H. The van der Waals surface area contributed by atoms with Gasteiger partial charge in [0.2, 0.25) is 0 Å². The lowest BCUT2D eigenvalue weighted by atomic mass is 9.90. The summed E-state index contributed by atoms with van der Waals surface area (Å²) in [6.45, 7) is 0. The number of hydrogen-bond acceptors (Lipinski definition) is 5. The van der Waals surface area contributed by atoms with Crippen LogP contribution >= 0.6 is 0 Å². The molecule has 2 aromatic heterocycles. The molecule has 52 heavy (non-hydrogen) atoms. The van der Waals surface area contributed by atoms with Gasteiger partial charge < -0.3 is 0 Å². The minimum atomic E-state index is 0.435. The van der Waals surface area contributed by atoms with Crippen molar-refractivity contribution in [2.45, 2.75) is 0 Å². The number of fused-ring (bicyclic) bond motifs is 5. The van der Waals surface area contributed by atoms with E-state index in [2.05, 4.69) is 97.1 Å². The lowest BCUT2D eigenvalue weighted by Gasteiger charge is -2.18. The zero-order valence-electron chi connectivity index (χ0n) is 27.8. The molecule has 2 heterocycles. The van der Waals surface area contributed by atoms with Crippen LogP contribution in [0, 0.1) is 22.7 Å². The fourth-order valence-electron chi connectivity index (χ4n) is 7.08. The predicted molar refractivity (Wildman–Crippen MR) is 209 cm³/mol. The van der Waals surface area contributed by atoms with Crippen molar-refractivity contribution >= 4 is 32.7 Å². The van der Waals surface area contributed by atoms with Crippen LogP contribution in [0.25, 0.3) is 88.7 Å². The lowest BCUT2D eigenvalue weighted by molar-refractivity contribution is 1.30. The molecule has 0 aliphatic rings. The first-order valence-corrected chi connectivity index (χ1v) is 17.0. The van der Waals surface area contributed by atoms with Crippen molar-refractivity contribution in [3.8, 4) is 68.2 Å². The Labute approximate surface area is 300 Å². The second-order valence-electron chi connectivity index (χ2n) is 12.6. The average molecular weight is 662 g/mol. The second-order valence-corrected chi connectivity index (χ2v) is 12.6. The van der Waals surface area contributed by atoms with Crippen molar-refractivity contribution in [1.82, 2.24) is 15.0 Å². The van der Waals surface area contributed by atoms with E-state index in [4.69, 9.17) is 15.0 Å². The molecule has 0 aliphatic heterocycles. The molecule has 0 radical (unpaired) electrons. The molecule has 0 bridgehead atoms. The van der Waals surface area contributed by atoms with Gasteiger partial charge in [0.15, 0.2) is 0 Å². The van der Waals surface area contributed by atoms with Gasteiger partial charge in [-0.1, -0.05) is 127 Å². The molecule has 5 nitrogen and oxygen atoms in total. The Morgan fingerprint density at radius 2 is 0.904 bits per heavy atom. The maximum Gasteiger partial charge on any atom is 0.0995 e. The SMILES string of the molecule is N#Cc1cc(C#N)cc(-c2cccc(-c3nc4ccccc4c4c(-c5ccccc5)cc5nc(-c6ccccc6)c(-c6ccccc6)nc5c34)c2)c1. The molecule has 9 aromatic rings. The average Bonchev–Trinajstić information content (AvgIpc) is 3.23. The number of rotatable bonds is 5. The van der Waals surface area contributed by atoms with E-state index in [9.17, 15) is 10.5 Å². The predicted octanol–water partition coefficient (Wildman–Crippen LogP) is 11.4. The van der Waals surface area contributed by atoms with Gasteiger partial charge in [-0.15, -0.1) is 0 Å². The molecule has 0 saturated carbocycles. The number of nitriles is 2. The van der Waals surface area contributed by atoms with E-state index >= 15 is 0 Å². The Morgan fingerprint density at radius 3 is 1.56 bits per heavy atom. The van der Waals surface area contributed by atoms with Crippen LogP contribution in [0.3, 0.4) is 0 Å². The summed E-state index contributed by atoms with van der Waals surface area (Å²) in [6.07, 6.45) is 0. The number of benzene rings is 7. The van der Waals surface area contributed by atoms with Gasteiger partial charge in [0.25, 0.3) is 0 Å². The van der Waals surface area contributed by atoms with Gasteiger partial charge in [-0.05, 0) is 58.7 Å². The summed E-state index contributed by atoms with van der Waals surface area (Å²) in [7, 11) is 0. The highest BCUT2D eigenvalue weighted by Crippen LogP contribution is 2.44. The number of hydrogen-bond donors (Lipinski definition) is 0. The van der Waals surface area contributed by atoms with Crippen LogP contribution in [-0.2, 0) is 0 Å². The molecule has 0 fully saturated rings. The van der Waals surface area contributed by atoms with Crippen molar-refractivity contribution in [1.29, 1.82) is 10.5 Å². The fourth-order valence-corrected chi connectivity index (χ4v) is 7.08. The van der Waals surface area contributed by atoms with Crippen molar-refractivity contribution in [3.05, 3.63) is 175 Å². The zero-order valence-corrected chi connectivity index (χ0v) is 27.8. The van der Waals surface area contributed by atoms with Crippen LogP contribution in [0.15, 0.2) is 164 Å². The molecule has 0 aliphatic carbocycles. The molecule has 9 rings (SSSR count). The minimum Gasteiger partial charge on any atom is -0.247 e. The Kier molecular flexibility index (Phi) is 7.51. The van der Waals surface area contributed by atoms with Crippen molar-refractivity contribution in [2.75, 3.05) is 0 Å². The highest BCUT2D eigenvalue weighted by Gasteiger charge is 2.22. The van der Waals surface area contributed by atoms with Crippen LogP contribution in [0.1, 0.15) is 11.1 Å². The van der Waals surface area contributed by atoms with Crippen LogP contribution in [-0.4, -0.2) is 15.0 Å². The lowest BCUT2D eigenvalue weighted by Crippen LogP contribution is -2.00. The Bertz CT molecular complexity index is 2870. The molecular formula is C47H27N5. The van der Waals surface area contributed by atoms with Crippen LogP contribution in [0.5, 0.6) is 0 Å². The normalized spacial score (nSPS) is 11.0. The molecular weight excluding hydrogens is 635 g/mol. The van der Waals surface area contributed by atoms with Gasteiger partial charge in [0.1, 0.15) is 0 Å². The summed E-state index contributed by atoms with van der Waals surface area (Å²) in [4.78, 5) is 16.3. The highest BCUT2D eigenvalue weighted by atomic mass is 14.8. The Balaban J connectivity index is 1.44. The third-order valence-corrected chi connectivity index (χ3v) is 9.44. The molecule has 0 amide bonds. The van der Waals surface area contributed by atoms with Gasteiger partial charge >= 0.3 is 0 Å². The van der Waals surface area contributed by atoms with Crippen LogP contribution in [0.2, 0.25) is 0 Å². The molecule has 0 saturated heterocycles. The Hall–Kier alpha value is -7.47. The van der Waals surface area contributed by atoms with Crippen molar-refractivity contribution in [3.63, 3.8) is 0 Å². The number of nitrogens with zero attached hydrogens (tertiary/aromatic N) is 5. The third kappa shape index (κ3) is 5.31. The van der Waals surface area contributed by atoms with E-state index < -0.39 is 0 Å². The number of aromatic nitrogens is 3. The van der Waals surface area contributed by atoms with Gasteiger partial charge in [0, 0.05) is 32.8 Å². The van der Waals surface area contributed by atoms with Gasteiger partial charge in [-0.3, -0.25) is 0 Å². The number of pyridine rings is 1. The molecule has 0 unspecified atom stereocenters. The fraction of sp³-hybridized carbons (Fsp3) is 0. The van der Waals surface area contributed by atoms with E-state index in [1.54, 1.807) is 6.07 Å². The largest absolute Gasteiger partial charge is 0.247 e. The Morgan fingerprint density at radius 1 is 0.365 bits per heavy atom. The second kappa shape index (κ2) is 12.8. The summed E-state index contributed by atoms with van der Waals surface area (Å²) in [5, 5.41) is 22.4. The molecule has 0 atom stereocenters. The van der Waals surface area contributed by atoms with Gasteiger partial charge in [-0.2, -0.15) is 10.5 Å². The summed E-state index contributed by atoms with van der Waals surface area (Å²) in [6, 6.07) is 59.0. The van der Waals surface area contributed by atoms with Gasteiger partial charge in [0.05, 0.1) is 56.9 Å². The number of para-hydroxylation sites is 1. The summed E-state index contributed by atoms with van der Waals surface area (Å²) >= 11 is 0. The topological polar surface area (TPSA) is 86.2 Å². The first-order chi connectivity index (χ1) is 25.7. The van der Waals surface area contributed by atoms with E-state index in [0.717, 1.165) is 88.7 Å². The summed E-state index contributed by atoms with van der Waals surface area (Å²) in [5.74, 6) is 0.